The molecular weight excluding hydrogens is 495 g/mol. The lowest BCUT2D eigenvalue weighted by Crippen LogP contribution is -2.49. The van der Waals surface area contributed by atoms with Gasteiger partial charge in [0.05, 0.1) is 19.6 Å². The van der Waals surface area contributed by atoms with Crippen molar-refractivity contribution in [1.29, 1.82) is 0 Å². The third kappa shape index (κ3) is 6.92. The van der Waals surface area contributed by atoms with Crippen LogP contribution in [0.1, 0.15) is 37.7 Å². The molecule has 0 aliphatic heterocycles. The number of guanidine groups is 1. The summed E-state index contributed by atoms with van der Waals surface area (Å²) in [6, 6.07) is 6.01. The van der Waals surface area contributed by atoms with E-state index in [4.69, 9.17) is 9.47 Å². The Morgan fingerprint density at radius 2 is 1.80 bits per heavy atom. The number of aliphatic imine (C=N–C) groups is 1. The molecule has 1 aromatic carbocycles. The highest BCUT2D eigenvalue weighted by Crippen LogP contribution is 2.38. The molecule has 0 unspecified atom stereocenters. The molecule has 170 valence electrons. The van der Waals surface area contributed by atoms with Gasteiger partial charge in [0.2, 0.25) is 5.91 Å². The summed E-state index contributed by atoms with van der Waals surface area (Å²) in [5, 5.41) is 6.73. The first-order valence-electron chi connectivity index (χ1n) is 10.3. The number of amides is 1. The van der Waals surface area contributed by atoms with Gasteiger partial charge in [0.25, 0.3) is 0 Å². The van der Waals surface area contributed by atoms with Gasteiger partial charge in [0.15, 0.2) is 17.5 Å². The van der Waals surface area contributed by atoms with Crippen LogP contribution in [0.5, 0.6) is 11.5 Å². The van der Waals surface area contributed by atoms with Crippen LogP contribution in [0.4, 0.5) is 0 Å². The topological polar surface area (TPSA) is 75.2 Å². The van der Waals surface area contributed by atoms with Crippen molar-refractivity contribution >= 4 is 35.8 Å². The molecule has 0 radical (unpaired) electrons. The SMILES string of the molecule is CN=C(NCCCc1ccc(OC)c(OC)c1)NCC1(C(=O)N(C)C)CCCC1.I. The zero-order valence-corrected chi connectivity index (χ0v) is 21.2. The fourth-order valence-corrected chi connectivity index (χ4v) is 4.00. The summed E-state index contributed by atoms with van der Waals surface area (Å²) < 4.78 is 10.6. The Labute approximate surface area is 198 Å². The Kier molecular flexibility index (Phi) is 11.3. The molecule has 1 aliphatic carbocycles. The number of carbonyl (C=O) groups excluding carboxylic acids is 1. The normalized spacial score (nSPS) is 15.2. The van der Waals surface area contributed by atoms with Gasteiger partial charge in [-0.05, 0) is 43.4 Å². The number of methoxy groups -OCH3 is 2. The van der Waals surface area contributed by atoms with Crippen LogP contribution in [0, 0.1) is 5.41 Å². The molecule has 1 aliphatic rings. The molecule has 2 N–H and O–H groups in total. The molecule has 0 bridgehead atoms. The molecule has 7 nitrogen and oxygen atoms in total. The van der Waals surface area contributed by atoms with Gasteiger partial charge in [-0.15, -0.1) is 24.0 Å². The van der Waals surface area contributed by atoms with Crippen molar-refractivity contribution in [2.75, 3.05) is 48.5 Å². The minimum absolute atomic E-state index is 0. The van der Waals surface area contributed by atoms with Gasteiger partial charge in [-0.3, -0.25) is 9.79 Å². The summed E-state index contributed by atoms with van der Waals surface area (Å²) in [5.41, 5.74) is 0.898. The molecule has 0 atom stereocenters. The van der Waals surface area contributed by atoms with Gasteiger partial charge in [0, 0.05) is 34.2 Å². The van der Waals surface area contributed by atoms with Crippen molar-refractivity contribution in [3.05, 3.63) is 23.8 Å². The fourth-order valence-electron chi connectivity index (χ4n) is 4.00. The Bertz CT molecular complexity index is 704. The van der Waals surface area contributed by atoms with E-state index < -0.39 is 0 Å². The van der Waals surface area contributed by atoms with Crippen LogP contribution in [0.25, 0.3) is 0 Å². The van der Waals surface area contributed by atoms with Crippen LogP contribution in [0.3, 0.4) is 0 Å². The highest BCUT2D eigenvalue weighted by Gasteiger charge is 2.42. The average Bonchev–Trinajstić information content (AvgIpc) is 3.22. The van der Waals surface area contributed by atoms with Crippen molar-refractivity contribution in [3.63, 3.8) is 0 Å². The van der Waals surface area contributed by atoms with Crippen LogP contribution < -0.4 is 20.1 Å². The first kappa shape index (κ1) is 26.3. The molecule has 1 amide bonds. The maximum atomic E-state index is 12.7. The van der Waals surface area contributed by atoms with E-state index in [0.717, 1.165) is 62.5 Å². The molecule has 30 heavy (non-hydrogen) atoms. The van der Waals surface area contributed by atoms with Crippen molar-refractivity contribution in [2.45, 2.75) is 38.5 Å². The molecule has 1 fully saturated rings. The molecule has 0 aromatic heterocycles. The Balaban J connectivity index is 0.00000450. The van der Waals surface area contributed by atoms with Gasteiger partial charge in [-0.2, -0.15) is 0 Å². The standard InChI is InChI=1S/C22H36N4O3.HI/c1-23-21(25-16-22(12-6-7-13-22)20(27)26(2)3)24-14-8-9-17-10-11-18(28-4)19(15-17)29-5;/h10-11,15H,6-9,12-14,16H2,1-5H3,(H2,23,24,25);1H. The zero-order chi connectivity index (χ0) is 21.3. The zero-order valence-electron chi connectivity index (χ0n) is 18.9. The van der Waals surface area contributed by atoms with E-state index >= 15 is 0 Å². The number of benzene rings is 1. The summed E-state index contributed by atoms with van der Waals surface area (Å²) in [5.74, 6) is 2.46. The van der Waals surface area contributed by atoms with E-state index in [-0.39, 0.29) is 35.3 Å². The van der Waals surface area contributed by atoms with E-state index in [1.165, 1.54) is 5.56 Å². The van der Waals surface area contributed by atoms with E-state index in [2.05, 4.69) is 21.7 Å². The second-order valence-corrected chi connectivity index (χ2v) is 7.83. The predicted octanol–water partition coefficient (Wildman–Crippen LogP) is 3.07. The number of ether oxygens (including phenoxy) is 2. The van der Waals surface area contributed by atoms with Gasteiger partial charge < -0.3 is 25.0 Å². The molecule has 0 spiro atoms. The van der Waals surface area contributed by atoms with Gasteiger partial charge >= 0.3 is 0 Å². The monoisotopic (exact) mass is 532 g/mol. The number of halogens is 1. The summed E-state index contributed by atoms with van der Waals surface area (Å²) in [6.07, 6.45) is 5.98. The average molecular weight is 532 g/mol. The van der Waals surface area contributed by atoms with Crippen LogP contribution in [-0.2, 0) is 11.2 Å². The Morgan fingerprint density at radius 3 is 2.37 bits per heavy atom. The number of hydrogen-bond donors (Lipinski definition) is 2. The van der Waals surface area contributed by atoms with Gasteiger partial charge in [-0.25, -0.2) is 0 Å². The lowest BCUT2D eigenvalue weighted by molar-refractivity contribution is -0.138. The number of hydrogen-bond acceptors (Lipinski definition) is 4. The lowest BCUT2D eigenvalue weighted by atomic mass is 9.84. The van der Waals surface area contributed by atoms with E-state index in [0.29, 0.717) is 6.54 Å². The van der Waals surface area contributed by atoms with E-state index in [1.54, 1.807) is 26.2 Å². The van der Waals surface area contributed by atoms with Gasteiger partial charge in [0.1, 0.15) is 0 Å². The highest BCUT2D eigenvalue weighted by molar-refractivity contribution is 14.0. The maximum absolute atomic E-state index is 12.7. The molecule has 8 heteroatoms. The van der Waals surface area contributed by atoms with Crippen molar-refractivity contribution in [3.8, 4) is 11.5 Å². The highest BCUT2D eigenvalue weighted by atomic mass is 127. The second-order valence-electron chi connectivity index (χ2n) is 7.83. The summed E-state index contributed by atoms with van der Waals surface area (Å²) in [4.78, 5) is 18.7. The third-order valence-corrected chi connectivity index (χ3v) is 5.62. The smallest absolute Gasteiger partial charge is 0.230 e. The molecular formula is C22H37IN4O3. The lowest BCUT2D eigenvalue weighted by Gasteiger charge is -2.31. The molecule has 0 heterocycles. The maximum Gasteiger partial charge on any atom is 0.230 e. The number of nitrogens with zero attached hydrogens (tertiary/aromatic N) is 2. The molecule has 2 rings (SSSR count). The van der Waals surface area contributed by atoms with Gasteiger partial charge in [-0.1, -0.05) is 18.9 Å². The summed E-state index contributed by atoms with van der Waals surface area (Å²) >= 11 is 0. The fraction of sp³-hybridized carbons (Fsp3) is 0.636. The first-order chi connectivity index (χ1) is 14.0. The number of carbonyl (C=O) groups is 1. The van der Waals surface area contributed by atoms with E-state index in [1.807, 2.05) is 26.2 Å². The van der Waals surface area contributed by atoms with Crippen LogP contribution >= 0.6 is 24.0 Å². The van der Waals surface area contributed by atoms with Crippen LogP contribution in [-0.4, -0.2) is 65.2 Å². The van der Waals surface area contributed by atoms with Crippen molar-refractivity contribution < 1.29 is 14.3 Å². The molecule has 1 aromatic rings. The minimum atomic E-state index is -0.305. The minimum Gasteiger partial charge on any atom is -0.493 e. The van der Waals surface area contributed by atoms with Crippen LogP contribution in [0.15, 0.2) is 23.2 Å². The number of aryl methyl sites for hydroxylation is 1. The Hall–Kier alpha value is -1.71. The molecule has 0 saturated heterocycles. The largest absolute Gasteiger partial charge is 0.493 e. The third-order valence-electron chi connectivity index (χ3n) is 5.62. The molecule has 1 saturated carbocycles. The quantitative estimate of drug-likeness (QED) is 0.221. The second kappa shape index (κ2) is 12.9. The predicted molar refractivity (Wildman–Crippen MR) is 132 cm³/mol. The van der Waals surface area contributed by atoms with Crippen LogP contribution in [0.2, 0.25) is 0 Å². The summed E-state index contributed by atoms with van der Waals surface area (Å²) in [6.45, 7) is 1.42. The van der Waals surface area contributed by atoms with Crippen molar-refractivity contribution in [2.24, 2.45) is 10.4 Å². The first-order valence-corrected chi connectivity index (χ1v) is 10.3. The van der Waals surface area contributed by atoms with Crippen molar-refractivity contribution in [1.82, 2.24) is 15.5 Å². The number of rotatable bonds is 9. The number of nitrogens with one attached hydrogen (secondary N) is 2. The Morgan fingerprint density at radius 1 is 1.13 bits per heavy atom. The summed E-state index contributed by atoms with van der Waals surface area (Å²) in [7, 11) is 8.73. The van der Waals surface area contributed by atoms with E-state index in [9.17, 15) is 4.79 Å².